The first-order valence-electron chi connectivity index (χ1n) is 5.37. The lowest BCUT2D eigenvalue weighted by Gasteiger charge is -2.19. The van der Waals surface area contributed by atoms with Gasteiger partial charge in [0.1, 0.15) is 0 Å². The summed E-state index contributed by atoms with van der Waals surface area (Å²) >= 11 is 0. The van der Waals surface area contributed by atoms with Crippen molar-refractivity contribution in [3.05, 3.63) is 24.3 Å². The van der Waals surface area contributed by atoms with E-state index in [9.17, 15) is 4.79 Å². The van der Waals surface area contributed by atoms with E-state index < -0.39 is 0 Å². The van der Waals surface area contributed by atoms with Gasteiger partial charge in [-0.05, 0) is 25.2 Å². The van der Waals surface area contributed by atoms with Crippen LogP contribution in [0.3, 0.4) is 0 Å². The van der Waals surface area contributed by atoms with Gasteiger partial charge in [0, 0.05) is 38.4 Å². The van der Waals surface area contributed by atoms with E-state index >= 15 is 0 Å². The Bertz CT molecular complexity index is 352. The fourth-order valence-corrected chi connectivity index (χ4v) is 1.43. The van der Waals surface area contributed by atoms with Gasteiger partial charge in [0.25, 0.3) is 0 Å². The molecular formula is C12H19N3O. The van der Waals surface area contributed by atoms with Gasteiger partial charge in [-0.15, -0.1) is 0 Å². The zero-order valence-electron chi connectivity index (χ0n) is 10.1. The molecule has 0 aromatic heterocycles. The number of carbonyl (C=O) groups excluding carboxylic acids is 1. The number of amides is 1. The summed E-state index contributed by atoms with van der Waals surface area (Å²) in [6, 6.07) is 7.82. The van der Waals surface area contributed by atoms with Crippen LogP contribution in [0.4, 0.5) is 11.4 Å². The maximum atomic E-state index is 10.9. The first kappa shape index (κ1) is 12.5. The maximum Gasteiger partial charge on any atom is 0.221 e. The van der Waals surface area contributed by atoms with E-state index in [0.29, 0.717) is 0 Å². The molecule has 4 nitrogen and oxygen atoms in total. The molecule has 1 rings (SSSR count). The Kier molecular flexibility index (Phi) is 4.79. The fraction of sp³-hybridized carbons (Fsp3) is 0.417. The van der Waals surface area contributed by atoms with Crippen LogP contribution in [0, 0.1) is 0 Å². The average Bonchev–Trinajstić information content (AvgIpc) is 2.25. The Morgan fingerprint density at radius 3 is 2.81 bits per heavy atom. The standard InChI is InChI=1S/C12H19N3O/c1-10(16)14-11-5-4-6-12(9-11)15(3)8-7-13-2/h4-6,9,13H,7-8H2,1-3H3,(H,14,16). The van der Waals surface area contributed by atoms with Gasteiger partial charge in [0.2, 0.25) is 5.91 Å². The molecule has 0 aliphatic heterocycles. The largest absolute Gasteiger partial charge is 0.373 e. The molecule has 1 aromatic carbocycles. The lowest BCUT2D eigenvalue weighted by molar-refractivity contribution is -0.114. The zero-order chi connectivity index (χ0) is 12.0. The van der Waals surface area contributed by atoms with Gasteiger partial charge < -0.3 is 15.5 Å². The molecule has 0 saturated carbocycles. The predicted octanol–water partition coefficient (Wildman–Crippen LogP) is 1.30. The summed E-state index contributed by atoms with van der Waals surface area (Å²) in [5, 5.41) is 5.88. The number of nitrogens with zero attached hydrogens (tertiary/aromatic N) is 1. The van der Waals surface area contributed by atoms with Gasteiger partial charge in [-0.1, -0.05) is 6.07 Å². The van der Waals surface area contributed by atoms with E-state index in [1.165, 1.54) is 6.92 Å². The van der Waals surface area contributed by atoms with Gasteiger partial charge in [-0.25, -0.2) is 0 Å². The van der Waals surface area contributed by atoms with E-state index in [4.69, 9.17) is 0 Å². The topological polar surface area (TPSA) is 44.4 Å². The minimum atomic E-state index is -0.0463. The maximum absolute atomic E-state index is 10.9. The smallest absolute Gasteiger partial charge is 0.221 e. The third-order valence-corrected chi connectivity index (χ3v) is 2.30. The summed E-state index contributed by atoms with van der Waals surface area (Å²) in [5.41, 5.74) is 1.93. The van der Waals surface area contributed by atoms with Crippen molar-refractivity contribution < 1.29 is 4.79 Å². The van der Waals surface area contributed by atoms with Crippen molar-refractivity contribution in [1.82, 2.24) is 5.32 Å². The number of hydrogen-bond acceptors (Lipinski definition) is 3. The van der Waals surface area contributed by atoms with Crippen molar-refractivity contribution in [2.75, 3.05) is 37.4 Å². The molecular weight excluding hydrogens is 202 g/mol. The summed E-state index contributed by atoms with van der Waals surface area (Å²) in [4.78, 5) is 13.1. The summed E-state index contributed by atoms with van der Waals surface area (Å²) in [5.74, 6) is -0.0463. The second-order valence-corrected chi connectivity index (χ2v) is 3.76. The molecule has 0 atom stereocenters. The van der Waals surface area contributed by atoms with Crippen LogP contribution in [-0.4, -0.2) is 33.1 Å². The summed E-state index contributed by atoms with van der Waals surface area (Å²) in [7, 11) is 3.96. The van der Waals surface area contributed by atoms with E-state index in [2.05, 4.69) is 15.5 Å². The van der Waals surface area contributed by atoms with Crippen LogP contribution in [0.2, 0.25) is 0 Å². The Morgan fingerprint density at radius 1 is 1.44 bits per heavy atom. The predicted molar refractivity (Wildman–Crippen MR) is 67.9 cm³/mol. The zero-order valence-corrected chi connectivity index (χ0v) is 10.1. The molecule has 0 aliphatic rings. The minimum Gasteiger partial charge on any atom is -0.373 e. The molecule has 1 aromatic rings. The normalized spacial score (nSPS) is 9.94. The third kappa shape index (κ3) is 3.90. The highest BCUT2D eigenvalue weighted by atomic mass is 16.1. The Balaban J connectivity index is 2.69. The molecule has 0 bridgehead atoms. The molecule has 0 fully saturated rings. The third-order valence-electron chi connectivity index (χ3n) is 2.30. The van der Waals surface area contributed by atoms with Crippen LogP contribution in [0.5, 0.6) is 0 Å². The van der Waals surface area contributed by atoms with Gasteiger partial charge >= 0.3 is 0 Å². The lowest BCUT2D eigenvalue weighted by Crippen LogP contribution is -2.27. The van der Waals surface area contributed by atoms with E-state index in [1.807, 2.05) is 38.4 Å². The molecule has 1 amide bonds. The van der Waals surface area contributed by atoms with Gasteiger partial charge in [-0.2, -0.15) is 0 Å². The number of carbonyl (C=O) groups is 1. The van der Waals surface area contributed by atoms with E-state index in [0.717, 1.165) is 24.5 Å². The van der Waals surface area contributed by atoms with Crippen LogP contribution in [0.1, 0.15) is 6.92 Å². The molecule has 4 heteroatoms. The number of hydrogen-bond donors (Lipinski definition) is 2. The van der Waals surface area contributed by atoms with E-state index in [-0.39, 0.29) is 5.91 Å². The molecule has 88 valence electrons. The molecule has 0 unspecified atom stereocenters. The number of benzene rings is 1. The monoisotopic (exact) mass is 221 g/mol. The van der Waals surface area contributed by atoms with Crippen molar-refractivity contribution in [3.63, 3.8) is 0 Å². The average molecular weight is 221 g/mol. The Morgan fingerprint density at radius 2 is 2.19 bits per heavy atom. The van der Waals surface area contributed by atoms with Crippen LogP contribution >= 0.6 is 0 Å². The van der Waals surface area contributed by atoms with Gasteiger partial charge in [0.15, 0.2) is 0 Å². The van der Waals surface area contributed by atoms with Crippen molar-refractivity contribution in [2.24, 2.45) is 0 Å². The van der Waals surface area contributed by atoms with Crippen LogP contribution in [-0.2, 0) is 4.79 Å². The van der Waals surface area contributed by atoms with E-state index in [1.54, 1.807) is 0 Å². The summed E-state index contributed by atoms with van der Waals surface area (Å²) < 4.78 is 0. The van der Waals surface area contributed by atoms with Gasteiger partial charge in [-0.3, -0.25) is 4.79 Å². The highest BCUT2D eigenvalue weighted by Gasteiger charge is 2.01. The SMILES string of the molecule is CNCCN(C)c1cccc(NC(C)=O)c1. The summed E-state index contributed by atoms with van der Waals surface area (Å²) in [6.07, 6.45) is 0. The number of nitrogens with one attached hydrogen (secondary N) is 2. The van der Waals surface area contributed by atoms with Crippen LogP contribution < -0.4 is 15.5 Å². The lowest BCUT2D eigenvalue weighted by atomic mass is 10.2. The highest BCUT2D eigenvalue weighted by Crippen LogP contribution is 2.17. The quantitative estimate of drug-likeness (QED) is 0.787. The molecule has 0 aliphatic carbocycles. The molecule has 0 radical (unpaired) electrons. The summed E-state index contributed by atoms with van der Waals surface area (Å²) in [6.45, 7) is 3.37. The molecule has 0 heterocycles. The van der Waals surface area contributed by atoms with Gasteiger partial charge in [0.05, 0.1) is 0 Å². The number of rotatable bonds is 5. The van der Waals surface area contributed by atoms with Crippen molar-refractivity contribution in [3.8, 4) is 0 Å². The Labute approximate surface area is 96.6 Å². The van der Waals surface area contributed by atoms with Crippen LogP contribution in [0.15, 0.2) is 24.3 Å². The minimum absolute atomic E-state index is 0.0463. The van der Waals surface area contributed by atoms with Crippen molar-refractivity contribution in [1.29, 1.82) is 0 Å². The molecule has 0 saturated heterocycles. The first-order valence-corrected chi connectivity index (χ1v) is 5.37. The van der Waals surface area contributed by atoms with Crippen molar-refractivity contribution in [2.45, 2.75) is 6.92 Å². The fourth-order valence-electron chi connectivity index (χ4n) is 1.43. The molecule has 0 spiro atoms. The van der Waals surface area contributed by atoms with Crippen LogP contribution in [0.25, 0.3) is 0 Å². The first-order chi connectivity index (χ1) is 7.63. The number of anilines is 2. The second-order valence-electron chi connectivity index (χ2n) is 3.76. The van der Waals surface area contributed by atoms with Crippen molar-refractivity contribution >= 4 is 17.3 Å². The Hall–Kier alpha value is -1.55. The highest BCUT2D eigenvalue weighted by molar-refractivity contribution is 5.89. The molecule has 2 N–H and O–H groups in total. The number of likely N-dealkylation sites (N-methyl/N-ethyl adjacent to an activating group) is 2. The second kappa shape index (κ2) is 6.12. The molecule has 16 heavy (non-hydrogen) atoms.